The summed E-state index contributed by atoms with van der Waals surface area (Å²) in [7, 11) is 4.70. The Bertz CT molecular complexity index is 594. The second kappa shape index (κ2) is 7.20. The van der Waals surface area contributed by atoms with E-state index in [1.807, 2.05) is 60.7 Å². The molecule has 2 aromatic carbocycles. The molecule has 1 amide bonds. The lowest BCUT2D eigenvalue weighted by atomic mass is 10.0. The van der Waals surface area contributed by atoms with E-state index in [1.165, 1.54) is 14.2 Å². The highest BCUT2D eigenvalue weighted by atomic mass is 16.7. The maximum Gasteiger partial charge on any atom is 0.287 e. The Kier molecular flexibility index (Phi) is 5.31. The molecule has 0 aliphatic heterocycles. The summed E-state index contributed by atoms with van der Waals surface area (Å²) in [6.45, 7) is 0. The number of para-hydroxylation sites is 1. The maximum absolute atomic E-state index is 12.9. The average molecular weight is 299 g/mol. The molecule has 0 unspecified atom stereocenters. The van der Waals surface area contributed by atoms with Crippen LogP contribution in [-0.2, 0) is 20.7 Å². The fourth-order valence-electron chi connectivity index (χ4n) is 2.37. The highest BCUT2D eigenvalue weighted by Gasteiger charge is 2.41. The number of hydrogen-bond donors (Lipinski definition) is 0. The second-order valence-electron chi connectivity index (χ2n) is 5.02. The van der Waals surface area contributed by atoms with Crippen molar-refractivity contribution in [3.8, 4) is 0 Å². The Balaban J connectivity index is 2.28. The van der Waals surface area contributed by atoms with Crippen LogP contribution in [0, 0.1) is 0 Å². The van der Waals surface area contributed by atoms with E-state index in [1.54, 1.807) is 11.9 Å². The van der Waals surface area contributed by atoms with E-state index < -0.39 is 5.79 Å². The first-order valence-corrected chi connectivity index (χ1v) is 7.10. The van der Waals surface area contributed by atoms with Crippen molar-refractivity contribution < 1.29 is 14.3 Å². The van der Waals surface area contributed by atoms with Crippen LogP contribution >= 0.6 is 0 Å². The minimum absolute atomic E-state index is 0.243. The van der Waals surface area contributed by atoms with Crippen molar-refractivity contribution in [2.75, 3.05) is 26.2 Å². The summed E-state index contributed by atoms with van der Waals surface area (Å²) in [4.78, 5) is 14.5. The van der Waals surface area contributed by atoms with Crippen molar-refractivity contribution >= 4 is 11.6 Å². The van der Waals surface area contributed by atoms with Gasteiger partial charge in [-0.25, -0.2) is 0 Å². The van der Waals surface area contributed by atoms with Gasteiger partial charge in [0.2, 0.25) is 0 Å². The molecule has 0 aromatic heterocycles. The van der Waals surface area contributed by atoms with Gasteiger partial charge in [0.05, 0.1) is 0 Å². The lowest BCUT2D eigenvalue weighted by Crippen LogP contribution is -2.52. The minimum Gasteiger partial charge on any atom is -0.345 e. The number of rotatable bonds is 6. The SMILES string of the molecule is COC(Cc1ccccc1)(OC)C(=O)N(C)c1ccccc1. The largest absolute Gasteiger partial charge is 0.345 e. The summed E-state index contributed by atoms with van der Waals surface area (Å²) in [6, 6.07) is 19.1. The Morgan fingerprint density at radius 2 is 1.45 bits per heavy atom. The number of hydrogen-bond acceptors (Lipinski definition) is 3. The summed E-state index contributed by atoms with van der Waals surface area (Å²) in [5.74, 6) is -1.58. The molecule has 0 saturated heterocycles. The van der Waals surface area contributed by atoms with Gasteiger partial charge in [-0.3, -0.25) is 4.79 Å². The Labute approximate surface area is 131 Å². The lowest BCUT2D eigenvalue weighted by molar-refractivity contribution is -0.206. The van der Waals surface area contributed by atoms with Crippen molar-refractivity contribution in [2.45, 2.75) is 12.2 Å². The zero-order valence-electron chi connectivity index (χ0n) is 13.2. The molecule has 4 nitrogen and oxygen atoms in total. The molecular formula is C18H21NO3. The quantitative estimate of drug-likeness (QED) is 0.770. The number of likely N-dealkylation sites (N-methyl/N-ethyl adjacent to an activating group) is 1. The third-order valence-corrected chi connectivity index (χ3v) is 3.71. The molecule has 0 saturated carbocycles. The number of carbonyl (C=O) groups excluding carboxylic acids is 1. The summed E-state index contributed by atoms with van der Waals surface area (Å²) < 4.78 is 11.0. The molecule has 0 heterocycles. The van der Waals surface area contributed by atoms with Crippen LogP contribution in [0.15, 0.2) is 60.7 Å². The molecule has 22 heavy (non-hydrogen) atoms. The molecule has 4 heteroatoms. The van der Waals surface area contributed by atoms with Gasteiger partial charge in [-0.05, 0) is 17.7 Å². The van der Waals surface area contributed by atoms with Crippen LogP contribution in [0.5, 0.6) is 0 Å². The van der Waals surface area contributed by atoms with Crippen LogP contribution < -0.4 is 4.90 Å². The smallest absolute Gasteiger partial charge is 0.287 e. The number of carbonyl (C=O) groups is 1. The number of methoxy groups -OCH3 is 2. The maximum atomic E-state index is 12.9. The summed E-state index contributed by atoms with van der Waals surface area (Å²) >= 11 is 0. The van der Waals surface area contributed by atoms with Crippen molar-refractivity contribution in [1.29, 1.82) is 0 Å². The molecule has 0 N–H and O–H groups in total. The summed E-state index contributed by atoms with van der Waals surface area (Å²) in [5.41, 5.74) is 1.76. The topological polar surface area (TPSA) is 38.8 Å². The Morgan fingerprint density at radius 1 is 0.955 bits per heavy atom. The summed E-state index contributed by atoms with van der Waals surface area (Å²) in [5, 5.41) is 0. The third kappa shape index (κ3) is 3.35. The monoisotopic (exact) mass is 299 g/mol. The molecule has 0 bridgehead atoms. The van der Waals surface area contributed by atoms with E-state index in [2.05, 4.69) is 0 Å². The van der Waals surface area contributed by atoms with Crippen molar-refractivity contribution in [3.05, 3.63) is 66.2 Å². The molecular weight excluding hydrogens is 278 g/mol. The zero-order chi connectivity index (χ0) is 16.0. The van der Waals surface area contributed by atoms with Crippen LogP contribution in [0.1, 0.15) is 5.56 Å². The zero-order valence-corrected chi connectivity index (χ0v) is 13.2. The van der Waals surface area contributed by atoms with Gasteiger partial charge in [0.15, 0.2) is 0 Å². The van der Waals surface area contributed by atoms with Gasteiger partial charge in [0, 0.05) is 33.4 Å². The van der Waals surface area contributed by atoms with Crippen LogP contribution in [0.25, 0.3) is 0 Å². The van der Waals surface area contributed by atoms with Crippen LogP contribution in [0.3, 0.4) is 0 Å². The number of anilines is 1. The fourth-order valence-corrected chi connectivity index (χ4v) is 2.37. The van der Waals surface area contributed by atoms with E-state index in [9.17, 15) is 4.79 Å². The van der Waals surface area contributed by atoms with Gasteiger partial charge in [-0.1, -0.05) is 48.5 Å². The molecule has 2 aromatic rings. The molecule has 0 spiro atoms. The molecule has 2 rings (SSSR count). The third-order valence-electron chi connectivity index (χ3n) is 3.71. The second-order valence-corrected chi connectivity index (χ2v) is 5.02. The summed E-state index contributed by atoms with van der Waals surface area (Å²) in [6.07, 6.45) is 0.344. The van der Waals surface area contributed by atoms with E-state index in [0.717, 1.165) is 11.3 Å². The van der Waals surface area contributed by atoms with Gasteiger partial charge in [-0.15, -0.1) is 0 Å². The van der Waals surface area contributed by atoms with Crippen molar-refractivity contribution in [2.24, 2.45) is 0 Å². The first kappa shape index (κ1) is 16.2. The van der Waals surface area contributed by atoms with Gasteiger partial charge < -0.3 is 14.4 Å². The molecule has 0 aliphatic carbocycles. The number of nitrogens with zero attached hydrogens (tertiary/aromatic N) is 1. The lowest BCUT2D eigenvalue weighted by Gasteiger charge is -2.33. The predicted molar refractivity (Wildman–Crippen MR) is 86.7 cm³/mol. The van der Waals surface area contributed by atoms with Crippen LogP contribution in [0.2, 0.25) is 0 Å². The fraction of sp³-hybridized carbons (Fsp3) is 0.278. The molecule has 116 valence electrons. The van der Waals surface area contributed by atoms with E-state index >= 15 is 0 Å². The van der Waals surface area contributed by atoms with E-state index in [0.29, 0.717) is 6.42 Å². The number of benzene rings is 2. The average Bonchev–Trinajstić information content (AvgIpc) is 2.60. The molecule has 0 fully saturated rings. The Morgan fingerprint density at radius 3 is 1.95 bits per heavy atom. The molecule has 0 aliphatic rings. The highest BCUT2D eigenvalue weighted by molar-refractivity contribution is 5.98. The van der Waals surface area contributed by atoms with Gasteiger partial charge in [0.1, 0.15) is 0 Å². The normalized spacial score (nSPS) is 11.2. The minimum atomic E-state index is -1.34. The van der Waals surface area contributed by atoms with Crippen LogP contribution in [-0.4, -0.2) is 33.0 Å². The van der Waals surface area contributed by atoms with Crippen LogP contribution in [0.4, 0.5) is 5.69 Å². The molecule has 0 radical (unpaired) electrons. The molecule has 0 atom stereocenters. The van der Waals surface area contributed by atoms with E-state index in [4.69, 9.17) is 9.47 Å². The van der Waals surface area contributed by atoms with E-state index in [-0.39, 0.29) is 5.91 Å². The first-order valence-electron chi connectivity index (χ1n) is 7.10. The van der Waals surface area contributed by atoms with Crippen molar-refractivity contribution in [3.63, 3.8) is 0 Å². The Hall–Kier alpha value is -2.17. The van der Waals surface area contributed by atoms with Gasteiger partial charge >= 0.3 is 0 Å². The van der Waals surface area contributed by atoms with Crippen molar-refractivity contribution in [1.82, 2.24) is 0 Å². The highest BCUT2D eigenvalue weighted by Crippen LogP contribution is 2.24. The first-order chi connectivity index (χ1) is 10.6. The number of amides is 1. The van der Waals surface area contributed by atoms with Gasteiger partial charge in [0.25, 0.3) is 11.7 Å². The number of ether oxygens (including phenoxy) is 2. The standard InChI is InChI=1S/C18H21NO3/c1-19(16-12-8-5-9-13-16)17(20)18(21-2,22-3)14-15-10-6-4-7-11-15/h4-13H,14H2,1-3H3. The van der Waals surface area contributed by atoms with Gasteiger partial charge in [-0.2, -0.15) is 0 Å². The predicted octanol–water partition coefficient (Wildman–Crippen LogP) is 2.88.